The van der Waals surface area contributed by atoms with Crippen molar-refractivity contribution in [3.05, 3.63) is 93.2 Å². The second-order valence-electron chi connectivity index (χ2n) is 6.87. The van der Waals surface area contributed by atoms with Crippen molar-refractivity contribution in [2.45, 2.75) is 20.1 Å². The number of carbonyl (C=O) groups is 1. The first kappa shape index (κ1) is 21.9. The summed E-state index contributed by atoms with van der Waals surface area (Å²) in [6.07, 6.45) is 1.71. The van der Waals surface area contributed by atoms with Crippen molar-refractivity contribution in [3.63, 3.8) is 0 Å². The van der Waals surface area contributed by atoms with E-state index < -0.39 is 11.7 Å². The molecule has 0 spiro atoms. The molecule has 0 aliphatic heterocycles. The Bertz CT molecular complexity index is 1270. The van der Waals surface area contributed by atoms with Crippen molar-refractivity contribution in [2.24, 2.45) is 0 Å². The second kappa shape index (κ2) is 9.42. The van der Waals surface area contributed by atoms with E-state index in [2.05, 4.69) is 15.6 Å². The van der Waals surface area contributed by atoms with Gasteiger partial charge in [0.15, 0.2) is 23.1 Å². The van der Waals surface area contributed by atoms with E-state index in [9.17, 15) is 9.18 Å². The number of rotatable bonds is 7. The molecule has 0 bridgehead atoms. The molecule has 4 aromatic rings. The number of ether oxygens (including phenoxy) is 1. The first-order valence-electron chi connectivity index (χ1n) is 9.52. The van der Waals surface area contributed by atoms with Crippen LogP contribution in [-0.4, -0.2) is 20.8 Å². The molecule has 1 amide bonds. The first-order chi connectivity index (χ1) is 15.4. The number of para-hydroxylation sites is 1. The average Bonchev–Trinajstić information content (AvgIpc) is 3.35. The van der Waals surface area contributed by atoms with Crippen molar-refractivity contribution >= 4 is 34.9 Å². The topological polar surface area (TPSA) is 82.2 Å². The average molecular weight is 475 g/mol. The van der Waals surface area contributed by atoms with Crippen LogP contribution in [0.25, 0.3) is 0 Å². The van der Waals surface area contributed by atoms with Crippen LogP contribution in [0.15, 0.2) is 59.3 Å². The zero-order valence-electron chi connectivity index (χ0n) is 16.8. The van der Waals surface area contributed by atoms with Gasteiger partial charge >= 0.3 is 0 Å². The van der Waals surface area contributed by atoms with Gasteiger partial charge in [-0.25, -0.2) is 4.39 Å². The summed E-state index contributed by atoms with van der Waals surface area (Å²) in [6.45, 7) is 1.97. The molecule has 164 valence electrons. The van der Waals surface area contributed by atoms with Crippen LogP contribution in [-0.2, 0) is 13.2 Å². The standard InChI is InChI=1S/C22H17Cl2FN4O3/c1-13-16(12-31-19-5-3-2-4-18(19)25)21(28-32-13)22(30)26-20-8-9-29(27-20)11-14-6-7-15(23)10-17(14)24/h2-10H,11-12H2,1H3,(H,26,27,30). The van der Waals surface area contributed by atoms with Gasteiger partial charge in [0.05, 0.1) is 12.1 Å². The minimum atomic E-state index is -0.524. The number of anilines is 1. The highest BCUT2D eigenvalue weighted by atomic mass is 35.5. The predicted molar refractivity (Wildman–Crippen MR) is 118 cm³/mol. The Morgan fingerprint density at radius 1 is 1.22 bits per heavy atom. The molecule has 0 unspecified atom stereocenters. The number of carbonyl (C=O) groups excluding carboxylic acids is 1. The minimum absolute atomic E-state index is 0.0362. The van der Waals surface area contributed by atoms with Gasteiger partial charge in [0.1, 0.15) is 12.4 Å². The fraction of sp³-hybridized carbons (Fsp3) is 0.136. The van der Waals surface area contributed by atoms with Crippen LogP contribution >= 0.6 is 23.2 Å². The van der Waals surface area contributed by atoms with Gasteiger partial charge in [-0.05, 0) is 36.8 Å². The van der Waals surface area contributed by atoms with Crippen molar-refractivity contribution in [2.75, 3.05) is 5.32 Å². The Labute approximate surface area is 192 Å². The van der Waals surface area contributed by atoms with E-state index in [0.29, 0.717) is 33.7 Å². The van der Waals surface area contributed by atoms with Crippen LogP contribution in [0, 0.1) is 12.7 Å². The van der Waals surface area contributed by atoms with Crippen molar-refractivity contribution in [1.29, 1.82) is 0 Å². The predicted octanol–water partition coefficient (Wildman–Crippen LogP) is 5.51. The molecule has 4 rings (SSSR count). The number of amides is 1. The third-order valence-corrected chi connectivity index (χ3v) is 5.23. The number of halogens is 3. The van der Waals surface area contributed by atoms with Gasteiger partial charge in [-0.3, -0.25) is 9.48 Å². The molecule has 2 aromatic heterocycles. The number of benzene rings is 2. The number of hydrogen-bond donors (Lipinski definition) is 1. The molecule has 1 N–H and O–H groups in total. The molecular formula is C22H17Cl2FN4O3. The Hall–Kier alpha value is -3.36. The van der Waals surface area contributed by atoms with Gasteiger partial charge < -0.3 is 14.6 Å². The van der Waals surface area contributed by atoms with E-state index in [4.69, 9.17) is 32.5 Å². The summed E-state index contributed by atoms with van der Waals surface area (Å²) in [5.41, 5.74) is 1.28. The third-order valence-electron chi connectivity index (χ3n) is 4.64. The van der Waals surface area contributed by atoms with Gasteiger partial charge in [-0.15, -0.1) is 0 Å². The van der Waals surface area contributed by atoms with E-state index in [0.717, 1.165) is 5.56 Å². The van der Waals surface area contributed by atoms with Crippen LogP contribution in [0.3, 0.4) is 0 Å². The molecule has 0 atom stereocenters. The highest BCUT2D eigenvalue weighted by Crippen LogP contribution is 2.23. The molecule has 2 aromatic carbocycles. The number of hydrogen-bond acceptors (Lipinski definition) is 5. The molecule has 0 saturated carbocycles. The largest absolute Gasteiger partial charge is 0.486 e. The van der Waals surface area contributed by atoms with Crippen LogP contribution < -0.4 is 10.1 Å². The molecular weight excluding hydrogens is 458 g/mol. The quantitative estimate of drug-likeness (QED) is 0.382. The van der Waals surface area contributed by atoms with Crippen LogP contribution in [0.5, 0.6) is 5.75 Å². The zero-order valence-corrected chi connectivity index (χ0v) is 18.3. The first-order valence-corrected chi connectivity index (χ1v) is 10.3. The Morgan fingerprint density at radius 3 is 2.81 bits per heavy atom. The lowest BCUT2D eigenvalue weighted by atomic mass is 10.2. The van der Waals surface area contributed by atoms with E-state index in [-0.39, 0.29) is 18.1 Å². The number of aryl methyl sites for hydroxylation is 1. The summed E-state index contributed by atoms with van der Waals surface area (Å²) < 4.78 is 26.1. The lowest BCUT2D eigenvalue weighted by molar-refractivity contribution is 0.101. The summed E-state index contributed by atoms with van der Waals surface area (Å²) in [7, 11) is 0. The molecule has 0 aliphatic carbocycles. The zero-order chi connectivity index (χ0) is 22.7. The third kappa shape index (κ3) is 4.92. The van der Waals surface area contributed by atoms with Crippen LogP contribution in [0.4, 0.5) is 10.2 Å². The van der Waals surface area contributed by atoms with E-state index in [1.54, 1.807) is 48.1 Å². The molecule has 2 heterocycles. The SMILES string of the molecule is Cc1onc(C(=O)Nc2ccn(Cc3ccc(Cl)cc3Cl)n2)c1COc1ccccc1F. The van der Waals surface area contributed by atoms with Gasteiger partial charge in [0.25, 0.3) is 5.91 Å². The molecule has 0 radical (unpaired) electrons. The van der Waals surface area contributed by atoms with Crippen LogP contribution in [0.1, 0.15) is 27.4 Å². The summed E-state index contributed by atoms with van der Waals surface area (Å²) in [4.78, 5) is 12.7. The molecule has 10 heteroatoms. The maximum atomic E-state index is 13.8. The normalized spacial score (nSPS) is 10.9. The highest BCUT2D eigenvalue weighted by Gasteiger charge is 2.21. The number of aromatic nitrogens is 3. The molecule has 32 heavy (non-hydrogen) atoms. The Kier molecular flexibility index (Phi) is 6.43. The number of nitrogens with zero attached hydrogens (tertiary/aromatic N) is 3. The molecule has 0 saturated heterocycles. The maximum Gasteiger partial charge on any atom is 0.279 e. The van der Waals surface area contributed by atoms with Gasteiger partial charge in [0, 0.05) is 22.3 Å². The summed E-state index contributed by atoms with van der Waals surface area (Å²) in [5.74, 6) is -0.238. The minimum Gasteiger partial charge on any atom is -0.486 e. The van der Waals surface area contributed by atoms with Crippen LogP contribution in [0.2, 0.25) is 10.0 Å². The van der Waals surface area contributed by atoms with Gasteiger partial charge in [-0.2, -0.15) is 5.10 Å². The fourth-order valence-corrected chi connectivity index (χ4v) is 3.44. The summed E-state index contributed by atoms with van der Waals surface area (Å²) in [6, 6.07) is 12.9. The van der Waals surface area contributed by atoms with Crippen molar-refractivity contribution in [1.82, 2.24) is 14.9 Å². The van der Waals surface area contributed by atoms with Gasteiger partial charge in [-0.1, -0.05) is 46.6 Å². The lowest BCUT2D eigenvalue weighted by Gasteiger charge is -2.07. The smallest absolute Gasteiger partial charge is 0.279 e. The molecule has 7 nitrogen and oxygen atoms in total. The van der Waals surface area contributed by atoms with Gasteiger partial charge in [0.2, 0.25) is 0 Å². The number of nitrogens with one attached hydrogen (secondary N) is 1. The maximum absolute atomic E-state index is 13.8. The van der Waals surface area contributed by atoms with Crippen molar-refractivity contribution in [3.8, 4) is 5.75 Å². The lowest BCUT2D eigenvalue weighted by Crippen LogP contribution is -2.16. The van der Waals surface area contributed by atoms with Crippen molar-refractivity contribution < 1.29 is 18.4 Å². The molecule has 0 aliphatic rings. The van der Waals surface area contributed by atoms with E-state index in [1.165, 1.54) is 12.1 Å². The summed E-state index contributed by atoms with van der Waals surface area (Å²) in [5, 5.41) is 11.9. The molecule has 0 fully saturated rings. The second-order valence-corrected chi connectivity index (χ2v) is 7.72. The highest BCUT2D eigenvalue weighted by molar-refractivity contribution is 6.35. The van der Waals surface area contributed by atoms with E-state index in [1.807, 2.05) is 6.07 Å². The van der Waals surface area contributed by atoms with E-state index >= 15 is 0 Å². The Morgan fingerprint density at radius 2 is 2.03 bits per heavy atom. The summed E-state index contributed by atoms with van der Waals surface area (Å²) >= 11 is 12.1. The monoisotopic (exact) mass is 474 g/mol. The fourth-order valence-electron chi connectivity index (χ4n) is 2.97. The Balaban J connectivity index is 1.44.